The van der Waals surface area contributed by atoms with Crippen LogP contribution in [0, 0.1) is 0 Å². The molecule has 0 saturated heterocycles. The van der Waals surface area contributed by atoms with Gasteiger partial charge in [0.25, 0.3) is 0 Å². The van der Waals surface area contributed by atoms with Crippen molar-refractivity contribution in [2.45, 2.75) is 4.43 Å². The van der Waals surface area contributed by atoms with Gasteiger partial charge in [-0.15, -0.1) is 0 Å². The molecule has 16 heavy (non-hydrogen) atoms. The van der Waals surface area contributed by atoms with E-state index in [0.717, 1.165) is 4.43 Å². The summed E-state index contributed by atoms with van der Waals surface area (Å²) in [5.41, 5.74) is 1.40. The summed E-state index contributed by atoms with van der Waals surface area (Å²) in [6, 6.07) is 17.6. The molecule has 0 N–H and O–H groups in total. The van der Waals surface area contributed by atoms with E-state index < -0.39 is 0 Å². The average molecular weight is 365 g/mol. The summed E-state index contributed by atoms with van der Waals surface area (Å²) < 4.78 is 1.11. The van der Waals surface area contributed by atoms with Crippen molar-refractivity contribution >= 4 is 45.8 Å². The van der Waals surface area contributed by atoms with Crippen molar-refractivity contribution in [3.63, 3.8) is 0 Å². The van der Waals surface area contributed by atoms with E-state index in [1.807, 2.05) is 18.2 Å². The second kappa shape index (κ2) is 7.93. The van der Waals surface area contributed by atoms with Crippen molar-refractivity contribution in [1.82, 2.24) is 0 Å². The van der Waals surface area contributed by atoms with Crippen molar-refractivity contribution in [1.29, 1.82) is 0 Å². The number of halogens is 3. The summed E-state index contributed by atoms with van der Waals surface area (Å²) in [4.78, 5) is 0. The predicted molar refractivity (Wildman–Crippen MR) is 80.6 cm³/mol. The predicted octanol–water partition coefficient (Wildman–Crippen LogP) is 5.62. The van der Waals surface area contributed by atoms with Gasteiger partial charge >= 0.3 is 0 Å². The van der Waals surface area contributed by atoms with E-state index in [2.05, 4.69) is 46.9 Å². The fourth-order valence-electron chi connectivity index (χ4n) is 1.01. The summed E-state index contributed by atoms with van der Waals surface area (Å²) in [6.07, 6.45) is 0. The van der Waals surface area contributed by atoms with Crippen LogP contribution in [0.2, 0.25) is 10.0 Å². The van der Waals surface area contributed by atoms with Crippen molar-refractivity contribution in [2.24, 2.45) is 0 Å². The third kappa shape index (κ3) is 5.19. The zero-order chi connectivity index (χ0) is 11.8. The molecule has 2 aromatic carbocycles. The van der Waals surface area contributed by atoms with Crippen LogP contribution in [0.15, 0.2) is 54.6 Å². The fraction of sp³-hybridized carbons (Fsp3) is 0.0769. The number of rotatable bonds is 1. The molecular weight excluding hydrogens is 354 g/mol. The molecule has 3 heteroatoms. The Hall–Kier alpha value is -0.250. The lowest BCUT2D eigenvalue weighted by atomic mass is 10.2. The highest BCUT2D eigenvalue weighted by atomic mass is 127. The molecule has 0 saturated carbocycles. The smallest absolute Gasteiger partial charge is 0.0592 e. The minimum atomic E-state index is 0.606. The molecule has 0 unspecified atom stereocenters. The van der Waals surface area contributed by atoms with Gasteiger partial charge in [0, 0.05) is 4.43 Å². The Labute approximate surface area is 120 Å². The number of hydrogen-bond donors (Lipinski definition) is 0. The zero-order valence-electron chi connectivity index (χ0n) is 8.54. The van der Waals surface area contributed by atoms with Gasteiger partial charge in [0.2, 0.25) is 0 Å². The van der Waals surface area contributed by atoms with Crippen LogP contribution in [0.4, 0.5) is 0 Å². The molecule has 0 radical (unpaired) electrons. The van der Waals surface area contributed by atoms with Crippen LogP contribution in [0.25, 0.3) is 0 Å². The van der Waals surface area contributed by atoms with Gasteiger partial charge in [-0.05, 0) is 17.7 Å². The summed E-state index contributed by atoms with van der Waals surface area (Å²) in [7, 11) is 0. The van der Waals surface area contributed by atoms with Gasteiger partial charge in [-0.25, -0.2) is 0 Å². The quantitative estimate of drug-likeness (QED) is 0.455. The van der Waals surface area contributed by atoms with E-state index in [-0.39, 0.29) is 0 Å². The van der Waals surface area contributed by atoms with E-state index >= 15 is 0 Å². The molecule has 0 aromatic heterocycles. The minimum Gasteiger partial charge on any atom is -0.0827 e. The van der Waals surface area contributed by atoms with Gasteiger partial charge in [-0.2, -0.15) is 0 Å². The average Bonchev–Trinajstić information content (AvgIpc) is 2.35. The molecule has 0 atom stereocenters. The first-order valence-electron chi connectivity index (χ1n) is 4.74. The minimum absolute atomic E-state index is 0.606. The fourth-order valence-corrected chi connectivity index (χ4v) is 1.79. The van der Waals surface area contributed by atoms with Crippen molar-refractivity contribution < 1.29 is 0 Å². The van der Waals surface area contributed by atoms with Crippen LogP contribution in [-0.2, 0) is 4.43 Å². The molecule has 0 aliphatic rings. The molecule has 0 amide bonds. The number of benzene rings is 2. The molecule has 84 valence electrons. The second-order valence-electron chi connectivity index (χ2n) is 3.03. The highest BCUT2D eigenvalue weighted by molar-refractivity contribution is 14.1. The molecule has 2 aromatic rings. The normalized spacial score (nSPS) is 9.19. The van der Waals surface area contributed by atoms with Gasteiger partial charge in [0.15, 0.2) is 0 Å². The first kappa shape index (κ1) is 13.8. The van der Waals surface area contributed by atoms with Gasteiger partial charge in [0.05, 0.1) is 10.0 Å². The largest absolute Gasteiger partial charge is 0.0827 e. The summed E-state index contributed by atoms with van der Waals surface area (Å²) >= 11 is 13.5. The molecule has 0 fully saturated rings. The number of hydrogen-bond acceptors (Lipinski definition) is 0. The summed E-state index contributed by atoms with van der Waals surface area (Å²) in [6.45, 7) is 0. The highest BCUT2D eigenvalue weighted by Gasteiger charge is 1.89. The monoisotopic (exact) mass is 364 g/mol. The molecule has 0 aliphatic heterocycles. The van der Waals surface area contributed by atoms with Gasteiger partial charge < -0.3 is 0 Å². The summed E-state index contributed by atoms with van der Waals surface area (Å²) in [5, 5.41) is 1.21. The maximum absolute atomic E-state index is 5.58. The number of alkyl halides is 1. The molecule has 0 heterocycles. The van der Waals surface area contributed by atoms with E-state index in [1.165, 1.54) is 5.56 Å². The standard InChI is InChI=1S/C7H7I.C6H4Cl2/c8-6-7-4-2-1-3-5-7;7-5-3-1-2-4-6(5)8/h1-5H,6H2;1-4H. The third-order valence-electron chi connectivity index (χ3n) is 1.82. The van der Waals surface area contributed by atoms with Crippen molar-refractivity contribution in [2.75, 3.05) is 0 Å². The Morgan fingerprint density at radius 3 is 1.50 bits per heavy atom. The SMILES string of the molecule is Clc1ccccc1Cl.ICc1ccccc1. The van der Waals surface area contributed by atoms with Crippen LogP contribution in [0.5, 0.6) is 0 Å². The first-order valence-corrected chi connectivity index (χ1v) is 7.02. The Bertz CT molecular complexity index is 394. The van der Waals surface area contributed by atoms with Crippen molar-refractivity contribution in [3.05, 3.63) is 70.2 Å². The maximum Gasteiger partial charge on any atom is 0.0592 e. The van der Waals surface area contributed by atoms with Crippen LogP contribution in [-0.4, -0.2) is 0 Å². The lowest BCUT2D eigenvalue weighted by molar-refractivity contribution is 1.46. The van der Waals surface area contributed by atoms with E-state index in [1.54, 1.807) is 12.1 Å². The van der Waals surface area contributed by atoms with Crippen LogP contribution < -0.4 is 0 Å². The molecule has 0 bridgehead atoms. The van der Waals surface area contributed by atoms with E-state index in [4.69, 9.17) is 23.2 Å². The zero-order valence-corrected chi connectivity index (χ0v) is 12.2. The Kier molecular flexibility index (Phi) is 6.85. The van der Waals surface area contributed by atoms with Crippen LogP contribution >= 0.6 is 45.8 Å². The Balaban J connectivity index is 0.000000160. The molecular formula is C13H11Cl2I. The molecule has 0 aliphatic carbocycles. The van der Waals surface area contributed by atoms with E-state index in [9.17, 15) is 0 Å². The Morgan fingerprint density at radius 1 is 0.750 bits per heavy atom. The van der Waals surface area contributed by atoms with Crippen LogP contribution in [0.1, 0.15) is 5.56 Å². The van der Waals surface area contributed by atoms with Gasteiger partial charge in [0.1, 0.15) is 0 Å². The molecule has 0 spiro atoms. The lowest BCUT2D eigenvalue weighted by Gasteiger charge is -1.88. The summed E-state index contributed by atoms with van der Waals surface area (Å²) in [5.74, 6) is 0. The van der Waals surface area contributed by atoms with Crippen molar-refractivity contribution in [3.8, 4) is 0 Å². The lowest BCUT2D eigenvalue weighted by Crippen LogP contribution is -1.70. The van der Waals surface area contributed by atoms with Gasteiger partial charge in [-0.1, -0.05) is 88.3 Å². The van der Waals surface area contributed by atoms with Gasteiger partial charge in [-0.3, -0.25) is 0 Å². The third-order valence-corrected chi connectivity index (χ3v) is 3.46. The topological polar surface area (TPSA) is 0 Å². The van der Waals surface area contributed by atoms with E-state index in [0.29, 0.717) is 10.0 Å². The maximum atomic E-state index is 5.58. The first-order chi connectivity index (χ1) is 7.74. The Morgan fingerprint density at radius 2 is 1.19 bits per heavy atom. The molecule has 0 nitrogen and oxygen atoms in total. The molecule has 2 rings (SSSR count). The highest BCUT2D eigenvalue weighted by Crippen LogP contribution is 2.19. The van der Waals surface area contributed by atoms with Crippen LogP contribution in [0.3, 0.4) is 0 Å². The second-order valence-corrected chi connectivity index (χ2v) is 4.61.